The molecule has 0 radical (unpaired) electrons. The summed E-state index contributed by atoms with van der Waals surface area (Å²) in [6.07, 6.45) is 2.53. The molecule has 0 aromatic rings. The molecule has 0 aromatic carbocycles. The van der Waals surface area contributed by atoms with Crippen LogP contribution in [0.25, 0.3) is 0 Å². The van der Waals surface area contributed by atoms with Crippen molar-refractivity contribution >= 4 is 23.3 Å². The number of ether oxygens (including phenoxy) is 4. The maximum absolute atomic E-state index is 13.4. The minimum Gasteiger partial charge on any atom is -0.381 e. The van der Waals surface area contributed by atoms with E-state index < -0.39 is 12.9 Å². The van der Waals surface area contributed by atoms with Crippen LogP contribution in [0.4, 0.5) is 0 Å². The van der Waals surface area contributed by atoms with Crippen LogP contribution in [0.1, 0.15) is 73.6 Å². The average Bonchev–Trinajstić information content (AvgIpc) is 3.12. The van der Waals surface area contributed by atoms with Crippen molar-refractivity contribution in [3.63, 3.8) is 0 Å². The zero-order chi connectivity index (χ0) is 22.7. The Balaban J connectivity index is 2.08. The first-order valence-electron chi connectivity index (χ1n) is 11.4. The summed E-state index contributed by atoms with van der Waals surface area (Å²) in [5.41, 5.74) is -0.326. The maximum Gasteiger partial charge on any atom is 0.359 e. The fourth-order valence-electron chi connectivity index (χ4n) is 4.42. The molecule has 0 bridgehead atoms. The molecule has 0 aliphatic carbocycles. The third-order valence-corrected chi connectivity index (χ3v) is 7.83. The topological polar surface area (TPSA) is 83.5 Å². The molecule has 10 heteroatoms. The Kier molecular flexibility index (Phi) is 9.12. The number of rotatable bonds is 10. The van der Waals surface area contributed by atoms with E-state index in [0.717, 1.165) is 12.8 Å². The summed E-state index contributed by atoms with van der Waals surface area (Å²) >= 11 is 0. The fourth-order valence-corrected chi connectivity index (χ4v) is 5.81. The number of hydrogen-bond donors (Lipinski definition) is 1. The van der Waals surface area contributed by atoms with Crippen LogP contribution in [0, 0.1) is 0 Å². The molecule has 8 unspecified atom stereocenters. The Morgan fingerprint density at radius 3 is 2.03 bits per heavy atom. The van der Waals surface area contributed by atoms with Gasteiger partial charge in [-0.2, -0.15) is 0 Å². The lowest BCUT2D eigenvalue weighted by Gasteiger charge is -2.37. The predicted molar refractivity (Wildman–Crippen MR) is 123 cm³/mol. The molecule has 0 spiro atoms. The second-order valence-corrected chi connectivity index (χ2v) is 12.3. The van der Waals surface area contributed by atoms with E-state index in [9.17, 15) is 9.46 Å². The fraction of sp³-hybridized carbons (Fsp3) is 1.00. The highest BCUT2D eigenvalue weighted by Crippen LogP contribution is 2.59. The zero-order valence-corrected chi connectivity index (χ0v) is 20.9. The Bertz CT molecular complexity index is 602. The summed E-state index contributed by atoms with van der Waals surface area (Å²) in [4.78, 5) is 11.0. The van der Waals surface area contributed by atoms with Crippen LogP contribution >= 0.6 is 7.60 Å². The highest BCUT2D eigenvalue weighted by atomic mass is 31.2. The van der Waals surface area contributed by atoms with E-state index in [1.54, 1.807) is 6.92 Å². The SMILES string of the molecule is BC1CC(OC(C)(C)C)C(COP(=O)(O)C(C)(CCC)OC2CC(B)OC2CC)O1. The van der Waals surface area contributed by atoms with Gasteiger partial charge in [0.1, 0.15) is 21.8 Å². The van der Waals surface area contributed by atoms with Gasteiger partial charge in [-0.05, 0) is 53.4 Å². The van der Waals surface area contributed by atoms with Gasteiger partial charge in [0.05, 0.1) is 30.5 Å². The van der Waals surface area contributed by atoms with Crippen molar-refractivity contribution in [1.29, 1.82) is 0 Å². The Morgan fingerprint density at radius 2 is 1.53 bits per heavy atom. The van der Waals surface area contributed by atoms with Gasteiger partial charge in [0.15, 0.2) is 5.34 Å². The van der Waals surface area contributed by atoms with Crippen LogP contribution in [0.3, 0.4) is 0 Å². The minimum absolute atomic E-state index is 0.00367. The molecule has 2 fully saturated rings. The van der Waals surface area contributed by atoms with Gasteiger partial charge in [-0.25, -0.2) is 0 Å². The molecule has 1 N–H and O–H groups in total. The molecule has 2 aliphatic heterocycles. The lowest BCUT2D eigenvalue weighted by atomic mass is 9.95. The van der Waals surface area contributed by atoms with Crippen molar-refractivity contribution < 1.29 is 32.9 Å². The van der Waals surface area contributed by atoms with E-state index in [1.165, 1.54) is 0 Å². The van der Waals surface area contributed by atoms with Crippen LogP contribution in [0.2, 0.25) is 0 Å². The summed E-state index contributed by atoms with van der Waals surface area (Å²) in [5.74, 6) is 0. The lowest BCUT2D eigenvalue weighted by Crippen LogP contribution is -2.39. The quantitative estimate of drug-likeness (QED) is 0.407. The second-order valence-electron chi connectivity index (χ2n) is 10.0. The van der Waals surface area contributed by atoms with Crippen LogP contribution in [0.5, 0.6) is 0 Å². The van der Waals surface area contributed by atoms with Crippen molar-refractivity contribution in [1.82, 2.24) is 0 Å². The molecular formula is C20H41B2O7P. The van der Waals surface area contributed by atoms with E-state index in [0.29, 0.717) is 19.3 Å². The largest absolute Gasteiger partial charge is 0.381 e. The van der Waals surface area contributed by atoms with E-state index >= 15 is 0 Å². The van der Waals surface area contributed by atoms with E-state index in [1.807, 2.05) is 50.3 Å². The summed E-state index contributed by atoms with van der Waals surface area (Å²) in [5, 5.41) is -1.29. The number of hydrogen-bond acceptors (Lipinski definition) is 6. The van der Waals surface area contributed by atoms with Crippen LogP contribution in [-0.4, -0.2) is 74.6 Å². The van der Waals surface area contributed by atoms with Crippen molar-refractivity contribution in [2.24, 2.45) is 0 Å². The maximum atomic E-state index is 13.4. The lowest BCUT2D eigenvalue weighted by molar-refractivity contribution is -0.103. The monoisotopic (exact) mass is 446 g/mol. The first kappa shape index (κ1) is 26.4. The Morgan fingerprint density at radius 1 is 1.00 bits per heavy atom. The van der Waals surface area contributed by atoms with E-state index in [-0.39, 0.29) is 48.6 Å². The molecule has 30 heavy (non-hydrogen) atoms. The molecule has 174 valence electrons. The molecule has 7 nitrogen and oxygen atoms in total. The standard InChI is InChI=1S/C20H41B2O7P/c1-7-9-20(6,29-14-10-17(21)26-13(14)8-2)30(23,24)25-12-16-15(11-18(22)27-16)28-19(3,4)5/h13-18H,7-12,21-22H2,1-6H3,(H,23,24). The molecule has 2 aliphatic rings. The molecule has 0 saturated carbocycles. The zero-order valence-electron chi connectivity index (χ0n) is 20.1. The van der Waals surface area contributed by atoms with Crippen LogP contribution in [-0.2, 0) is 28.0 Å². The summed E-state index contributed by atoms with van der Waals surface area (Å²) in [6, 6.07) is 0.0956. The van der Waals surface area contributed by atoms with Crippen molar-refractivity contribution in [2.45, 2.75) is 121 Å². The van der Waals surface area contributed by atoms with Gasteiger partial charge < -0.3 is 28.4 Å². The van der Waals surface area contributed by atoms with Gasteiger partial charge in [0.2, 0.25) is 0 Å². The van der Waals surface area contributed by atoms with Gasteiger partial charge in [0, 0.05) is 12.0 Å². The first-order valence-corrected chi connectivity index (χ1v) is 13.0. The molecule has 2 heterocycles. The van der Waals surface area contributed by atoms with E-state index in [4.69, 9.17) is 23.5 Å². The highest BCUT2D eigenvalue weighted by Gasteiger charge is 2.50. The van der Waals surface area contributed by atoms with E-state index in [2.05, 4.69) is 0 Å². The third kappa shape index (κ3) is 6.81. The van der Waals surface area contributed by atoms with Crippen LogP contribution < -0.4 is 0 Å². The molecule has 0 amide bonds. The van der Waals surface area contributed by atoms with Gasteiger partial charge in [-0.15, -0.1) is 0 Å². The molecule has 0 aromatic heterocycles. The Hall–Kier alpha value is 0.120. The highest BCUT2D eigenvalue weighted by molar-refractivity contribution is 7.54. The minimum atomic E-state index is -4.10. The van der Waals surface area contributed by atoms with Crippen LogP contribution in [0.15, 0.2) is 0 Å². The van der Waals surface area contributed by atoms with Crippen molar-refractivity contribution in [2.75, 3.05) is 6.61 Å². The molecular weight excluding hydrogens is 405 g/mol. The first-order chi connectivity index (χ1) is 13.8. The second kappa shape index (κ2) is 10.4. The summed E-state index contributed by atoms with van der Waals surface area (Å²) in [6.45, 7) is 11.7. The average molecular weight is 446 g/mol. The van der Waals surface area contributed by atoms with Gasteiger partial charge in [-0.3, -0.25) is 4.57 Å². The van der Waals surface area contributed by atoms with Gasteiger partial charge in [0.25, 0.3) is 0 Å². The van der Waals surface area contributed by atoms with Gasteiger partial charge >= 0.3 is 7.60 Å². The predicted octanol–water partition coefficient (Wildman–Crippen LogP) is 2.18. The Labute approximate surface area is 184 Å². The smallest absolute Gasteiger partial charge is 0.359 e. The normalized spacial score (nSPS) is 36.5. The molecule has 2 rings (SSSR count). The summed E-state index contributed by atoms with van der Waals surface area (Å²) in [7, 11) is -0.117. The van der Waals surface area contributed by atoms with Crippen molar-refractivity contribution in [3.05, 3.63) is 0 Å². The third-order valence-electron chi connectivity index (χ3n) is 5.81. The molecule has 2 saturated heterocycles. The van der Waals surface area contributed by atoms with Crippen molar-refractivity contribution in [3.8, 4) is 0 Å². The molecule has 8 atom stereocenters. The van der Waals surface area contributed by atoms with Gasteiger partial charge in [-0.1, -0.05) is 20.3 Å². The summed E-state index contributed by atoms with van der Waals surface area (Å²) < 4.78 is 43.3.